The fourth-order valence-corrected chi connectivity index (χ4v) is 2.15. The first-order valence-corrected chi connectivity index (χ1v) is 7.77. The Morgan fingerprint density at radius 2 is 1.91 bits per heavy atom. The fraction of sp³-hybridized carbons (Fsp3) is 0.529. The lowest BCUT2D eigenvalue weighted by atomic mass is 10.1. The topological polar surface area (TPSA) is 69.6 Å². The van der Waals surface area contributed by atoms with Crippen LogP contribution in [0.15, 0.2) is 30.3 Å². The maximum atomic E-state index is 11.9. The number of benzene rings is 1. The van der Waals surface area contributed by atoms with Crippen molar-refractivity contribution in [3.8, 4) is 0 Å². The third kappa shape index (κ3) is 7.22. The molecule has 5 heteroatoms. The molecule has 22 heavy (non-hydrogen) atoms. The molecule has 1 atom stereocenters. The van der Waals surface area contributed by atoms with Crippen molar-refractivity contribution in [3.05, 3.63) is 35.9 Å². The van der Waals surface area contributed by atoms with E-state index in [2.05, 4.69) is 17.1 Å². The number of nitrogens with zero attached hydrogens (tertiary/aromatic N) is 1. The SMILES string of the molecule is CCCCN(C)CCC(=O)NC(Cc1ccccc1)C(=O)O. The minimum Gasteiger partial charge on any atom is -0.480 e. The average molecular weight is 306 g/mol. The highest BCUT2D eigenvalue weighted by molar-refractivity contribution is 5.83. The highest BCUT2D eigenvalue weighted by atomic mass is 16.4. The largest absolute Gasteiger partial charge is 0.480 e. The first-order chi connectivity index (χ1) is 10.5. The van der Waals surface area contributed by atoms with Crippen LogP contribution in [0.5, 0.6) is 0 Å². The van der Waals surface area contributed by atoms with E-state index in [4.69, 9.17) is 0 Å². The summed E-state index contributed by atoms with van der Waals surface area (Å²) in [7, 11) is 1.97. The van der Waals surface area contributed by atoms with E-state index in [-0.39, 0.29) is 5.91 Å². The van der Waals surface area contributed by atoms with E-state index in [9.17, 15) is 14.7 Å². The van der Waals surface area contributed by atoms with E-state index in [0.717, 1.165) is 24.9 Å². The molecule has 0 radical (unpaired) electrons. The summed E-state index contributed by atoms with van der Waals surface area (Å²) in [6.07, 6.45) is 2.84. The molecule has 0 saturated heterocycles. The van der Waals surface area contributed by atoms with Gasteiger partial charge in [-0.1, -0.05) is 43.7 Å². The number of carboxylic acid groups (broad SMARTS) is 1. The molecule has 0 aliphatic rings. The Balaban J connectivity index is 2.42. The van der Waals surface area contributed by atoms with E-state index in [1.54, 1.807) is 0 Å². The van der Waals surface area contributed by atoms with Crippen LogP contribution in [0.4, 0.5) is 0 Å². The lowest BCUT2D eigenvalue weighted by molar-refractivity contribution is -0.141. The third-order valence-corrected chi connectivity index (χ3v) is 3.53. The van der Waals surface area contributed by atoms with Crippen LogP contribution in [-0.2, 0) is 16.0 Å². The molecule has 0 aromatic heterocycles. The van der Waals surface area contributed by atoms with Crippen molar-refractivity contribution >= 4 is 11.9 Å². The molecule has 0 heterocycles. The van der Waals surface area contributed by atoms with Crippen molar-refractivity contribution in [2.24, 2.45) is 0 Å². The zero-order chi connectivity index (χ0) is 16.4. The van der Waals surface area contributed by atoms with Gasteiger partial charge in [0.2, 0.25) is 5.91 Å². The summed E-state index contributed by atoms with van der Waals surface area (Å²) in [5, 5.41) is 11.9. The van der Waals surface area contributed by atoms with E-state index in [0.29, 0.717) is 19.4 Å². The molecule has 1 unspecified atom stereocenters. The predicted octanol–water partition coefficient (Wildman–Crippen LogP) is 1.92. The summed E-state index contributed by atoms with van der Waals surface area (Å²) in [5.41, 5.74) is 0.898. The van der Waals surface area contributed by atoms with Crippen LogP contribution in [0, 0.1) is 0 Å². The summed E-state index contributed by atoms with van der Waals surface area (Å²) in [6.45, 7) is 3.72. The average Bonchev–Trinajstić information content (AvgIpc) is 2.51. The van der Waals surface area contributed by atoms with Crippen molar-refractivity contribution in [2.75, 3.05) is 20.1 Å². The van der Waals surface area contributed by atoms with Crippen LogP contribution in [-0.4, -0.2) is 48.1 Å². The lowest BCUT2D eigenvalue weighted by Gasteiger charge is -2.18. The Hall–Kier alpha value is -1.88. The zero-order valence-electron chi connectivity index (χ0n) is 13.4. The molecule has 0 saturated carbocycles. The van der Waals surface area contributed by atoms with Crippen LogP contribution < -0.4 is 5.32 Å². The van der Waals surface area contributed by atoms with Gasteiger partial charge in [0.25, 0.3) is 0 Å². The quantitative estimate of drug-likeness (QED) is 0.693. The van der Waals surface area contributed by atoms with Crippen LogP contribution in [0.3, 0.4) is 0 Å². The maximum absolute atomic E-state index is 11.9. The molecule has 0 aliphatic carbocycles. The number of unbranched alkanes of at least 4 members (excludes halogenated alkanes) is 1. The molecule has 0 bridgehead atoms. The number of nitrogens with one attached hydrogen (secondary N) is 1. The van der Waals surface area contributed by atoms with Gasteiger partial charge in [-0.3, -0.25) is 4.79 Å². The van der Waals surface area contributed by atoms with Gasteiger partial charge in [-0.25, -0.2) is 4.79 Å². The van der Waals surface area contributed by atoms with Gasteiger partial charge in [0.1, 0.15) is 6.04 Å². The predicted molar refractivity (Wildman–Crippen MR) is 86.7 cm³/mol. The standard InChI is InChI=1S/C17H26N2O3/c1-3-4-11-19(2)12-10-16(20)18-15(17(21)22)13-14-8-6-5-7-9-14/h5-9,15H,3-4,10-13H2,1-2H3,(H,18,20)(H,21,22). The van der Waals surface area contributed by atoms with Crippen molar-refractivity contribution in [1.82, 2.24) is 10.2 Å². The zero-order valence-corrected chi connectivity index (χ0v) is 13.4. The van der Waals surface area contributed by atoms with Gasteiger partial charge in [-0.15, -0.1) is 0 Å². The van der Waals surface area contributed by atoms with Crippen molar-refractivity contribution in [2.45, 2.75) is 38.6 Å². The number of rotatable bonds is 10. The number of carboxylic acids is 1. The molecule has 1 aromatic carbocycles. The number of amides is 1. The number of hydrogen-bond donors (Lipinski definition) is 2. The van der Waals surface area contributed by atoms with Gasteiger partial charge in [0, 0.05) is 19.4 Å². The molecular weight excluding hydrogens is 280 g/mol. The van der Waals surface area contributed by atoms with E-state index in [1.807, 2.05) is 37.4 Å². The fourth-order valence-electron chi connectivity index (χ4n) is 2.15. The maximum Gasteiger partial charge on any atom is 0.326 e. The summed E-state index contributed by atoms with van der Waals surface area (Å²) in [5.74, 6) is -1.22. The molecule has 2 N–H and O–H groups in total. The molecule has 0 aliphatic heterocycles. The molecule has 0 spiro atoms. The molecule has 1 rings (SSSR count). The highest BCUT2D eigenvalue weighted by Gasteiger charge is 2.20. The van der Waals surface area contributed by atoms with Crippen molar-refractivity contribution in [1.29, 1.82) is 0 Å². The van der Waals surface area contributed by atoms with Crippen LogP contribution in [0.1, 0.15) is 31.7 Å². The summed E-state index contributed by atoms with van der Waals surface area (Å²) in [4.78, 5) is 25.3. The Morgan fingerprint density at radius 1 is 1.23 bits per heavy atom. The summed E-state index contributed by atoms with van der Waals surface area (Å²) < 4.78 is 0. The second-order valence-corrected chi connectivity index (χ2v) is 5.55. The number of aliphatic carboxylic acids is 1. The van der Waals surface area contributed by atoms with Gasteiger partial charge in [0.15, 0.2) is 0 Å². The second-order valence-electron chi connectivity index (χ2n) is 5.55. The van der Waals surface area contributed by atoms with Gasteiger partial charge < -0.3 is 15.3 Å². The van der Waals surface area contributed by atoms with E-state index >= 15 is 0 Å². The normalized spacial score (nSPS) is 12.1. The molecule has 0 fully saturated rings. The Kier molecular flexibility index (Phi) is 8.22. The second kappa shape index (κ2) is 9.95. The third-order valence-electron chi connectivity index (χ3n) is 3.53. The van der Waals surface area contributed by atoms with Crippen LogP contribution >= 0.6 is 0 Å². The van der Waals surface area contributed by atoms with Gasteiger partial charge >= 0.3 is 5.97 Å². The number of carbonyl (C=O) groups is 2. The highest BCUT2D eigenvalue weighted by Crippen LogP contribution is 2.04. The summed E-state index contributed by atoms with van der Waals surface area (Å²) in [6, 6.07) is 8.44. The minimum atomic E-state index is -1.00. The van der Waals surface area contributed by atoms with E-state index in [1.165, 1.54) is 0 Å². The van der Waals surface area contributed by atoms with E-state index < -0.39 is 12.0 Å². The first-order valence-electron chi connectivity index (χ1n) is 7.77. The monoisotopic (exact) mass is 306 g/mol. The molecule has 122 valence electrons. The lowest BCUT2D eigenvalue weighted by Crippen LogP contribution is -2.43. The first kappa shape index (κ1) is 18.2. The Morgan fingerprint density at radius 3 is 2.50 bits per heavy atom. The van der Waals surface area contributed by atoms with Crippen LogP contribution in [0.2, 0.25) is 0 Å². The van der Waals surface area contributed by atoms with Crippen LogP contribution in [0.25, 0.3) is 0 Å². The molecular formula is C17H26N2O3. The molecule has 1 amide bonds. The molecule has 5 nitrogen and oxygen atoms in total. The Bertz CT molecular complexity index is 462. The van der Waals surface area contributed by atoms with Gasteiger partial charge in [0.05, 0.1) is 0 Å². The smallest absolute Gasteiger partial charge is 0.326 e. The molecule has 1 aromatic rings. The van der Waals surface area contributed by atoms with Gasteiger partial charge in [-0.2, -0.15) is 0 Å². The Labute approximate surface area is 132 Å². The van der Waals surface area contributed by atoms with Crippen molar-refractivity contribution in [3.63, 3.8) is 0 Å². The van der Waals surface area contributed by atoms with Crippen molar-refractivity contribution < 1.29 is 14.7 Å². The summed E-state index contributed by atoms with van der Waals surface area (Å²) >= 11 is 0. The number of carbonyl (C=O) groups excluding carboxylic acids is 1. The minimum absolute atomic E-state index is 0.216. The number of hydrogen-bond acceptors (Lipinski definition) is 3. The van der Waals surface area contributed by atoms with Gasteiger partial charge in [-0.05, 0) is 25.6 Å².